The molecule has 2 aliphatic rings. The van der Waals surface area contributed by atoms with Crippen molar-refractivity contribution < 1.29 is 9.59 Å². The number of hydrogen-bond acceptors (Lipinski definition) is 3. The van der Waals surface area contributed by atoms with E-state index in [1.165, 1.54) is 11.3 Å². The molecule has 0 fully saturated rings. The van der Waals surface area contributed by atoms with E-state index < -0.39 is 6.04 Å². The second-order valence-electron chi connectivity index (χ2n) is 6.90. The van der Waals surface area contributed by atoms with Gasteiger partial charge in [0, 0.05) is 37.3 Å². The molecule has 2 N–H and O–H groups in total. The first kappa shape index (κ1) is 16.6. The minimum Gasteiger partial charge on any atom is -0.371 e. The van der Waals surface area contributed by atoms with Crippen LogP contribution < -0.4 is 15.5 Å². The number of rotatable bonds is 5. The van der Waals surface area contributed by atoms with Crippen LogP contribution in [-0.4, -0.2) is 37.5 Å². The molecule has 0 saturated carbocycles. The lowest BCUT2D eigenvalue weighted by molar-refractivity contribution is -0.123. The van der Waals surface area contributed by atoms with Crippen LogP contribution >= 0.6 is 0 Å². The molecule has 0 radical (unpaired) electrons. The van der Waals surface area contributed by atoms with Crippen LogP contribution in [0.1, 0.15) is 27.9 Å². The Labute approximate surface area is 153 Å². The molecule has 2 aliphatic heterocycles. The van der Waals surface area contributed by atoms with Gasteiger partial charge in [-0.25, -0.2) is 0 Å². The van der Waals surface area contributed by atoms with Crippen LogP contribution in [0.15, 0.2) is 48.5 Å². The molecular weight excluding hydrogens is 326 g/mol. The molecule has 1 atom stereocenters. The van der Waals surface area contributed by atoms with Crippen LogP contribution in [0.5, 0.6) is 0 Å². The van der Waals surface area contributed by atoms with Crippen LogP contribution in [-0.2, 0) is 17.6 Å². The molecule has 5 nitrogen and oxygen atoms in total. The predicted molar refractivity (Wildman–Crippen MR) is 101 cm³/mol. The number of para-hydroxylation sites is 1. The van der Waals surface area contributed by atoms with Gasteiger partial charge in [0.2, 0.25) is 5.91 Å². The van der Waals surface area contributed by atoms with Gasteiger partial charge in [0.05, 0.1) is 0 Å². The lowest BCUT2D eigenvalue weighted by Gasteiger charge is -2.25. The summed E-state index contributed by atoms with van der Waals surface area (Å²) in [5.41, 5.74) is 4.32. The fourth-order valence-electron chi connectivity index (χ4n) is 3.83. The number of nitrogens with zero attached hydrogens (tertiary/aromatic N) is 1. The number of carbonyl (C=O) groups is 2. The summed E-state index contributed by atoms with van der Waals surface area (Å²) >= 11 is 0. The van der Waals surface area contributed by atoms with Crippen molar-refractivity contribution >= 4 is 17.5 Å². The molecule has 0 saturated heterocycles. The Morgan fingerprint density at radius 2 is 1.88 bits per heavy atom. The van der Waals surface area contributed by atoms with Gasteiger partial charge in [-0.3, -0.25) is 9.59 Å². The van der Waals surface area contributed by atoms with E-state index in [1.807, 2.05) is 18.2 Å². The van der Waals surface area contributed by atoms with Crippen molar-refractivity contribution in [3.8, 4) is 0 Å². The van der Waals surface area contributed by atoms with Gasteiger partial charge in [0.25, 0.3) is 5.91 Å². The van der Waals surface area contributed by atoms with Crippen molar-refractivity contribution in [2.24, 2.45) is 0 Å². The highest BCUT2D eigenvalue weighted by atomic mass is 16.2. The summed E-state index contributed by atoms with van der Waals surface area (Å²) in [4.78, 5) is 26.9. The van der Waals surface area contributed by atoms with E-state index in [2.05, 4.69) is 39.8 Å². The first-order valence-corrected chi connectivity index (χ1v) is 9.22. The molecule has 0 unspecified atom stereocenters. The van der Waals surface area contributed by atoms with Gasteiger partial charge in [0.1, 0.15) is 6.04 Å². The number of nitrogens with one attached hydrogen (secondary N) is 2. The smallest absolute Gasteiger partial charge is 0.252 e. The van der Waals surface area contributed by atoms with E-state index in [0.717, 1.165) is 31.5 Å². The first-order valence-electron chi connectivity index (χ1n) is 9.22. The molecule has 0 bridgehead atoms. The number of fused-ring (bicyclic) bond motifs is 2. The Balaban J connectivity index is 1.26. The molecule has 2 aromatic rings. The van der Waals surface area contributed by atoms with Crippen LogP contribution in [0.4, 0.5) is 5.69 Å². The summed E-state index contributed by atoms with van der Waals surface area (Å²) in [6.45, 7) is 2.59. The largest absolute Gasteiger partial charge is 0.371 e. The number of anilines is 1. The zero-order valence-electron chi connectivity index (χ0n) is 14.7. The van der Waals surface area contributed by atoms with Crippen molar-refractivity contribution in [2.75, 3.05) is 24.5 Å². The molecule has 2 heterocycles. The van der Waals surface area contributed by atoms with E-state index in [0.29, 0.717) is 18.5 Å². The predicted octanol–water partition coefficient (Wildman–Crippen LogP) is 1.91. The summed E-state index contributed by atoms with van der Waals surface area (Å²) in [6.07, 6.45) is 2.53. The molecule has 2 aromatic carbocycles. The Hall–Kier alpha value is -2.82. The molecule has 26 heavy (non-hydrogen) atoms. The zero-order valence-corrected chi connectivity index (χ0v) is 14.7. The average molecular weight is 349 g/mol. The van der Waals surface area contributed by atoms with E-state index in [4.69, 9.17) is 0 Å². The minimum absolute atomic E-state index is 0.102. The Morgan fingerprint density at radius 3 is 2.77 bits per heavy atom. The SMILES string of the molecule is O=C1N[C@@H](C(=O)NCCCN2CCc3ccccc32)Cc2ccccc21. The third-order valence-corrected chi connectivity index (χ3v) is 5.20. The monoisotopic (exact) mass is 349 g/mol. The highest BCUT2D eigenvalue weighted by molar-refractivity contribution is 6.00. The second-order valence-corrected chi connectivity index (χ2v) is 6.90. The van der Waals surface area contributed by atoms with Crippen molar-refractivity contribution in [3.63, 3.8) is 0 Å². The van der Waals surface area contributed by atoms with Crippen molar-refractivity contribution in [2.45, 2.75) is 25.3 Å². The van der Waals surface area contributed by atoms with E-state index in [-0.39, 0.29) is 11.8 Å². The van der Waals surface area contributed by atoms with Gasteiger partial charge in [-0.1, -0.05) is 36.4 Å². The van der Waals surface area contributed by atoms with Crippen LogP contribution in [0, 0.1) is 0 Å². The maximum absolute atomic E-state index is 12.4. The fourth-order valence-corrected chi connectivity index (χ4v) is 3.83. The highest BCUT2D eigenvalue weighted by Gasteiger charge is 2.28. The second kappa shape index (κ2) is 7.20. The molecule has 0 spiro atoms. The quantitative estimate of drug-likeness (QED) is 0.811. The summed E-state index contributed by atoms with van der Waals surface area (Å²) < 4.78 is 0. The van der Waals surface area contributed by atoms with Gasteiger partial charge in [0.15, 0.2) is 0 Å². The maximum Gasteiger partial charge on any atom is 0.252 e. The summed E-state index contributed by atoms with van der Waals surface area (Å²) in [5, 5.41) is 5.78. The summed E-state index contributed by atoms with van der Waals surface area (Å²) in [6, 6.07) is 15.5. The molecular formula is C21H23N3O2. The number of amides is 2. The van der Waals surface area contributed by atoms with Crippen LogP contribution in [0.25, 0.3) is 0 Å². The maximum atomic E-state index is 12.4. The van der Waals surface area contributed by atoms with Crippen molar-refractivity contribution in [3.05, 3.63) is 65.2 Å². The van der Waals surface area contributed by atoms with E-state index in [9.17, 15) is 9.59 Å². The van der Waals surface area contributed by atoms with Gasteiger partial charge in [-0.2, -0.15) is 0 Å². The van der Waals surface area contributed by atoms with Gasteiger partial charge in [-0.05, 0) is 36.1 Å². The fraction of sp³-hybridized carbons (Fsp3) is 0.333. The van der Waals surface area contributed by atoms with Crippen LogP contribution in [0.2, 0.25) is 0 Å². The van der Waals surface area contributed by atoms with Gasteiger partial charge >= 0.3 is 0 Å². The number of benzene rings is 2. The molecule has 5 heteroatoms. The molecule has 0 aromatic heterocycles. The first-order chi connectivity index (χ1) is 12.7. The molecule has 0 aliphatic carbocycles. The van der Waals surface area contributed by atoms with Gasteiger partial charge < -0.3 is 15.5 Å². The lowest BCUT2D eigenvalue weighted by Crippen LogP contribution is -2.51. The standard InChI is InChI=1S/C21H23N3O2/c25-20-17-8-3-1-7-16(17)14-18(23-20)21(26)22-11-5-12-24-13-10-15-6-2-4-9-19(15)24/h1-4,6-9,18H,5,10-14H2,(H,22,26)(H,23,25)/t18-/m1/s1. The van der Waals surface area contributed by atoms with Crippen LogP contribution in [0.3, 0.4) is 0 Å². The van der Waals surface area contributed by atoms with E-state index >= 15 is 0 Å². The third kappa shape index (κ3) is 3.29. The Kier molecular flexibility index (Phi) is 4.61. The van der Waals surface area contributed by atoms with Crippen molar-refractivity contribution in [1.29, 1.82) is 0 Å². The molecule has 4 rings (SSSR count). The highest BCUT2D eigenvalue weighted by Crippen LogP contribution is 2.27. The summed E-state index contributed by atoms with van der Waals surface area (Å²) in [5.74, 6) is -0.268. The van der Waals surface area contributed by atoms with Crippen molar-refractivity contribution in [1.82, 2.24) is 10.6 Å². The lowest BCUT2D eigenvalue weighted by atomic mass is 9.95. The number of carbonyl (C=O) groups excluding carboxylic acids is 2. The van der Waals surface area contributed by atoms with Gasteiger partial charge in [-0.15, -0.1) is 0 Å². The topological polar surface area (TPSA) is 61.4 Å². The average Bonchev–Trinajstić information content (AvgIpc) is 3.08. The number of hydrogen-bond donors (Lipinski definition) is 2. The normalized spacial score (nSPS) is 18.1. The Bertz CT molecular complexity index is 834. The zero-order chi connectivity index (χ0) is 17.9. The van der Waals surface area contributed by atoms with E-state index in [1.54, 1.807) is 6.07 Å². The molecule has 2 amide bonds. The minimum atomic E-state index is -0.482. The third-order valence-electron chi connectivity index (χ3n) is 5.20. The molecule has 134 valence electrons. The Morgan fingerprint density at radius 1 is 1.12 bits per heavy atom. The summed E-state index contributed by atoms with van der Waals surface area (Å²) in [7, 11) is 0.